The summed E-state index contributed by atoms with van der Waals surface area (Å²) in [5, 5.41) is 0. The third-order valence-corrected chi connectivity index (χ3v) is 13.2. The molecule has 6 heteroatoms. The van der Waals surface area contributed by atoms with Gasteiger partial charge in [0.2, 0.25) is 0 Å². The third-order valence-electron chi connectivity index (χ3n) is 13.2. The van der Waals surface area contributed by atoms with Crippen LogP contribution >= 0.6 is 0 Å². The van der Waals surface area contributed by atoms with Crippen LogP contribution in [0.4, 0.5) is 0 Å². The first-order chi connectivity index (χ1) is 31.2. The largest absolute Gasteiger partial charge is 0.462 e. The van der Waals surface area contributed by atoms with Gasteiger partial charge in [-0.25, -0.2) is 0 Å². The normalized spacial score (nSPS) is 12.0. The Hall–Kier alpha value is -1.59. The predicted molar refractivity (Wildman–Crippen MR) is 275 cm³/mol. The van der Waals surface area contributed by atoms with E-state index in [9.17, 15) is 14.4 Å². The molecule has 0 amide bonds. The zero-order chi connectivity index (χ0) is 46.8. The highest BCUT2D eigenvalue weighted by Crippen LogP contribution is 2.18. The molecule has 0 aromatic rings. The van der Waals surface area contributed by atoms with Crippen molar-refractivity contribution in [1.82, 2.24) is 0 Å². The third kappa shape index (κ3) is 51.4. The molecule has 0 saturated carbocycles. The van der Waals surface area contributed by atoms with Crippen molar-refractivity contribution in [3.8, 4) is 0 Å². The van der Waals surface area contributed by atoms with E-state index in [4.69, 9.17) is 14.2 Å². The Balaban J connectivity index is 4.26. The molecule has 0 heterocycles. The molecule has 0 aliphatic rings. The van der Waals surface area contributed by atoms with Crippen LogP contribution in [0.5, 0.6) is 0 Å². The second-order valence-corrected chi connectivity index (χ2v) is 20.9. The lowest BCUT2D eigenvalue weighted by Gasteiger charge is -2.18. The van der Waals surface area contributed by atoms with Crippen molar-refractivity contribution in [2.24, 2.45) is 11.8 Å². The highest BCUT2D eigenvalue weighted by Gasteiger charge is 2.19. The van der Waals surface area contributed by atoms with Crippen LogP contribution in [-0.2, 0) is 28.6 Å². The zero-order valence-electron chi connectivity index (χ0n) is 43.9. The molecule has 0 fully saturated rings. The molecule has 0 spiro atoms. The lowest BCUT2D eigenvalue weighted by atomic mass is 10.0. The van der Waals surface area contributed by atoms with Crippen LogP contribution in [0.2, 0.25) is 0 Å². The molecule has 0 rings (SSSR count). The molecule has 64 heavy (non-hydrogen) atoms. The summed E-state index contributed by atoms with van der Waals surface area (Å²) in [7, 11) is 0. The number of hydrogen-bond donors (Lipinski definition) is 0. The van der Waals surface area contributed by atoms with Crippen molar-refractivity contribution < 1.29 is 28.6 Å². The van der Waals surface area contributed by atoms with Crippen molar-refractivity contribution in [3.63, 3.8) is 0 Å². The summed E-state index contributed by atoms with van der Waals surface area (Å²) in [6.45, 7) is 11.4. The smallest absolute Gasteiger partial charge is 0.306 e. The molecule has 0 saturated heterocycles. The summed E-state index contributed by atoms with van der Waals surface area (Å²) < 4.78 is 16.9. The summed E-state index contributed by atoms with van der Waals surface area (Å²) in [6.07, 6.45) is 53.8. The Kier molecular flexibility index (Phi) is 49.6. The molecule has 6 nitrogen and oxygen atoms in total. The quantitative estimate of drug-likeness (QED) is 0.0344. The van der Waals surface area contributed by atoms with E-state index < -0.39 is 6.10 Å². The van der Waals surface area contributed by atoms with Crippen LogP contribution in [0.3, 0.4) is 0 Å². The fourth-order valence-electron chi connectivity index (χ4n) is 8.87. The van der Waals surface area contributed by atoms with E-state index in [1.165, 1.54) is 212 Å². The van der Waals surface area contributed by atoms with Crippen molar-refractivity contribution in [2.45, 2.75) is 330 Å². The molecular weight excluding hydrogens is 793 g/mol. The van der Waals surface area contributed by atoms with Crippen LogP contribution in [0.25, 0.3) is 0 Å². The van der Waals surface area contributed by atoms with Crippen molar-refractivity contribution >= 4 is 17.9 Å². The maximum atomic E-state index is 12.8. The molecule has 380 valence electrons. The predicted octanol–water partition coefficient (Wildman–Crippen LogP) is 18.9. The molecule has 0 radical (unpaired) electrons. The second kappa shape index (κ2) is 50.8. The number of rotatable bonds is 52. The first kappa shape index (κ1) is 62.4. The summed E-state index contributed by atoms with van der Waals surface area (Å²) in [5.74, 6) is 0.821. The number of unbranched alkanes of at least 4 members (excludes halogenated alkanes) is 37. The van der Waals surface area contributed by atoms with E-state index in [1.54, 1.807) is 0 Å². The molecule has 0 unspecified atom stereocenters. The standard InChI is InChI=1S/C58H112O6/c1-6-7-8-9-10-11-12-13-16-21-24-29-35-40-45-50-58(61)64-55(52-63-57(60)49-44-39-34-30-25-27-32-37-42-47-54(4)5)51-62-56(59)48-43-38-33-28-23-20-18-15-14-17-19-22-26-31-36-41-46-53(2)3/h53-55H,6-52H2,1-5H3/t55-/m0/s1. The summed E-state index contributed by atoms with van der Waals surface area (Å²) in [6, 6.07) is 0. The minimum Gasteiger partial charge on any atom is -0.462 e. The van der Waals surface area contributed by atoms with E-state index >= 15 is 0 Å². The second-order valence-electron chi connectivity index (χ2n) is 20.9. The Labute approximate surface area is 399 Å². The lowest BCUT2D eigenvalue weighted by molar-refractivity contribution is -0.167. The van der Waals surface area contributed by atoms with E-state index in [0.717, 1.165) is 69.6 Å². The Bertz CT molecular complexity index is 978. The molecular formula is C58H112O6. The maximum Gasteiger partial charge on any atom is 0.306 e. The molecule has 0 aromatic carbocycles. The number of ether oxygens (including phenoxy) is 3. The van der Waals surface area contributed by atoms with Crippen molar-refractivity contribution in [2.75, 3.05) is 13.2 Å². The van der Waals surface area contributed by atoms with Crippen molar-refractivity contribution in [1.29, 1.82) is 0 Å². The Morgan fingerprint density at radius 2 is 0.516 bits per heavy atom. The van der Waals surface area contributed by atoms with E-state index in [2.05, 4.69) is 34.6 Å². The fourth-order valence-corrected chi connectivity index (χ4v) is 8.87. The molecule has 0 aliphatic heterocycles. The molecule has 0 bridgehead atoms. The number of esters is 3. The van der Waals surface area contributed by atoms with Gasteiger partial charge in [-0.1, -0.05) is 285 Å². The number of carbonyl (C=O) groups is 3. The monoisotopic (exact) mass is 905 g/mol. The van der Waals surface area contributed by atoms with Gasteiger partial charge in [0.1, 0.15) is 13.2 Å². The van der Waals surface area contributed by atoms with Gasteiger partial charge < -0.3 is 14.2 Å². The van der Waals surface area contributed by atoms with Crippen LogP contribution in [0.15, 0.2) is 0 Å². The van der Waals surface area contributed by atoms with Crippen LogP contribution in [0, 0.1) is 11.8 Å². The average Bonchev–Trinajstić information content (AvgIpc) is 3.27. The Morgan fingerprint density at radius 3 is 0.766 bits per heavy atom. The van der Waals surface area contributed by atoms with E-state index in [-0.39, 0.29) is 31.1 Å². The average molecular weight is 906 g/mol. The van der Waals surface area contributed by atoms with Crippen molar-refractivity contribution in [3.05, 3.63) is 0 Å². The summed E-state index contributed by atoms with van der Waals surface area (Å²) in [5.41, 5.74) is 0. The van der Waals surface area contributed by atoms with Gasteiger partial charge in [0, 0.05) is 19.3 Å². The topological polar surface area (TPSA) is 78.9 Å². The first-order valence-corrected chi connectivity index (χ1v) is 28.7. The van der Waals surface area contributed by atoms with Gasteiger partial charge in [0.25, 0.3) is 0 Å². The maximum absolute atomic E-state index is 12.8. The highest BCUT2D eigenvalue weighted by molar-refractivity contribution is 5.71. The van der Waals surface area contributed by atoms with Gasteiger partial charge in [-0.05, 0) is 31.1 Å². The molecule has 0 aliphatic carbocycles. The minimum atomic E-state index is -0.762. The summed E-state index contributed by atoms with van der Waals surface area (Å²) >= 11 is 0. The number of hydrogen-bond acceptors (Lipinski definition) is 6. The molecule has 1 atom stereocenters. The fraction of sp³-hybridized carbons (Fsp3) is 0.948. The minimum absolute atomic E-state index is 0.0629. The van der Waals surface area contributed by atoms with E-state index in [1.807, 2.05) is 0 Å². The Morgan fingerprint density at radius 1 is 0.297 bits per heavy atom. The number of carbonyl (C=O) groups excluding carboxylic acids is 3. The van der Waals surface area contributed by atoms with Crippen LogP contribution < -0.4 is 0 Å². The summed E-state index contributed by atoms with van der Waals surface area (Å²) in [4.78, 5) is 38.1. The molecule has 0 N–H and O–H groups in total. The first-order valence-electron chi connectivity index (χ1n) is 28.7. The zero-order valence-corrected chi connectivity index (χ0v) is 43.9. The van der Waals surface area contributed by atoms with Crippen LogP contribution in [0.1, 0.15) is 324 Å². The van der Waals surface area contributed by atoms with Gasteiger partial charge in [-0.15, -0.1) is 0 Å². The lowest BCUT2D eigenvalue weighted by Crippen LogP contribution is -2.30. The molecule has 0 aromatic heterocycles. The SMILES string of the molecule is CCCCCCCCCCCCCCCCCC(=O)O[C@@H](COC(=O)CCCCCCCCCCCCCCCCCCC(C)C)COC(=O)CCCCCCCCCCCC(C)C. The highest BCUT2D eigenvalue weighted by atomic mass is 16.6. The van der Waals surface area contributed by atoms with Crippen LogP contribution in [-0.4, -0.2) is 37.2 Å². The van der Waals surface area contributed by atoms with Gasteiger partial charge >= 0.3 is 17.9 Å². The van der Waals surface area contributed by atoms with Gasteiger partial charge in [-0.2, -0.15) is 0 Å². The van der Waals surface area contributed by atoms with Gasteiger partial charge in [0.15, 0.2) is 6.10 Å². The van der Waals surface area contributed by atoms with Gasteiger partial charge in [-0.3, -0.25) is 14.4 Å². The van der Waals surface area contributed by atoms with Gasteiger partial charge in [0.05, 0.1) is 0 Å². The van der Waals surface area contributed by atoms with E-state index in [0.29, 0.717) is 19.3 Å².